The highest BCUT2D eigenvalue weighted by atomic mass is 28.3. The Kier molecular flexibility index (Phi) is 11.0. The molecule has 0 aliphatic carbocycles. The van der Waals surface area contributed by atoms with Gasteiger partial charge in [0.25, 0.3) is 0 Å². The Morgan fingerprint density at radius 1 is 0.810 bits per heavy atom. The van der Waals surface area contributed by atoms with Crippen LogP contribution in [0.25, 0.3) is 0 Å². The van der Waals surface area contributed by atoms with Crippen LogP contribution in [0, 0.1) is 0 Å². The molecular weight excluding hydrogens is 272 g/mol. The van der Waals surface area contributed by atoms with Crippen LogP contribution in [0.5, 0.6) is 0 Å². The Bertz CT molecular complexity index is 274. The van der Waals surface area contributed by atoms with Crippen molar-refractivity contribution >= 4 is 8.40 Å². The van der Waals surface area contributed by atoms with Gasteiger partial charge in [-0.3, -0.25) is 0 Å². The molecule has 0 fully saturated rings. The second-order valence-electron chi connectivity index (χ2n) is 5.87. The predicted octanol–water partition coefficient (Wildman–Crippen LogP) is 4.97. The fraction of sp³-hybridized carbons (Fsp3) is 0.778. The summed E-state index contributed by atoms with van der Waals surface area (Å²) in [4.78, 5) is 0. The van der Waals surface area contributed by atoms with Gasteiger partial charge in [-0.15, -0.1) is 0 Å². The van der Waals surface area contributed by atoms with Crippen molar-refractivity contribution in [1.82, 2.24) is 9.13 Å². The molecule has 0 saturated heterocycles. The van der Waals surface area contributed by atoms with Gasteiger partial charge in [0.15, 0.2) is 0 Å². The molecular formula is C18H38N2Si. The number of allylic oxidation sites excluding steroid dienone is 2. The van der Waals surface area contributed by atoms with Crippen molar-refractivity contribution in [2.24, 2.45) is 0 Å². The Balaban J connectivity index is 5.76. The summed E-state index contributed by atoms with van der Waals surface area (Å²) in [5, 5.41) is 1.30. The molecule has 0 bridgehead atoms. The minimum Gasteiger partial charge on any atom is -0.308 e. The Morgan fingerprint density at radius 2 is 1.14 bits per heavy atom. The van der Waals surface area contributed by atoms with Crippen LogP contribution in [0.15, 0.2) is 24.4 Å². The molecule has 0 unspecified atom stereocenters. The summed E-state index contributed by atoms with van der Waals surface area (Å²) in [6.45, 7) is 24.8. The zero-order valence-electron chi connectivity index (χ0n) is 15.2. The van der Waals surface area contributed by atoms with Crippen molar-refractivity contribution in [3.63, 3.8) is 0 Å². The van der Waals surface area contributed by atoms with E-state index in [1.54, 1.807) is 0 Å². The van der Waals surface area contributed by atoms with E-state index in [0.717, 1.165) is 0 Å². The lowest BCUT2D eigenvalue weighted by atomic mass is 10.4. The van der Waals surface area contributed by atoms with E-state index in [0.29, 0.717) is 0 Å². The van der Waals surface area contributed by atoms with Gasteiger partial charge in [-0.25, -0.2) is 0 Å². The first-order valence-electron chi connectivity index (χ1n) is 8.90. The highest BCUT2D eigenvalue weighted by Gasteiger charge is 2.44. The van der Waals surface area contributed by atoms with Gasteiger partial charge in [0.05, 0.1) is 0 Å². The minimum absolute atomic E-state index is 1.19. The van der Waals surface area contributed by atoms with E-state index in [4.69, 9.17) is 0 Å². The fourth-order valence-electron chi connectivity index (χ4n) is 3.49. The first kappa shape index (κ1) is 20.6. The zero-order chi connectivity index (χ0) is 16.3. The average Bonchev–Trinajstić information content (AvgIpc) is 2.49. The van der Waals surface area contributed by atoms with Crippen LogP contribution in [-0.2, 0) is 0 Å². The molecule has 0 aliphatic heterocycles. The molecule has 0 aromatic heterocycles. The monoisotopic (exact) mass is 310 g/mol. The third-order valence-corrected chi connectivity index (χ3v) is 9.48. The molecule has 0 N–H and O–H groups in total. The lowest BCUT2D eigenvalue weighted by Crippen LogP contribution is -2.67. The highest BCUT2D eigenvalue weighted by Crippen LogP contribution is 2.29. The van der Waals surface area contributed by atoms with Gasteiger partial charge in [0.2, 0.25) is 8.40 Å². The van der Waals surface area contributed by atoms with Crippen molar-refractivity contribution in [3.8, 4) is 0 Å². The lowest BCUT2D eigenvalue weighted by molar-refractivity contribution is 0.321. The molecule has 0 saturated carbocycles. The quantitative estimate of drug-likeness (QED) is 0.350. The van der Waals surface area contributed by atoms with Crippen molar-refractivity contribution in [2.75, 3.05) is 26.2 Å². The molecule has 0 aliphatic rings. The van der Waals surface area contributed by atoms with Gasteiger partial charge >= 0.3 is 0 Å². The van der Waals surface area contributed by atoms with E-state index in [9.17, 15) is 0 Å². The molecule has 0 amide bonds. The van der Waals surface area contributed by atoms with Gasteiger partial charge in [-0.2, -0.15) is 0 Å². The smallest absolute Gasteiger partial charge is 0.238 e. The van der Waals surface area contributed by atoms with Gasteiger partial charge in [-0.05, 0) is 63.1 Å². The maximum Gasteiger partial charge on any atom is 0.238 e. The van der Waals surface area contributed by atoms with E-state index < -0.39 is 8.40 Å². The summed E-state index contributed by atoms with van der Waals surface area (Å²) in [5.74, 6) is 0. The molecule has 0 atom stereocenters. The van der Waals surface area contributed by atoms with Gasteiger partial charge < -0.3 is 9.13 Å². The number of rotatable bonds is 13. The first-order chi connectivity index (χ1) is 10.1. The van der Waals surface area contributed by atoms with Crippen LogP contribution in [0.3, 0.4) is 0 Å². The van der Waals surface area contributed by atoms with Crippen LogP contribution in [0.2, 0.25) is 6.04 Å². The lowest BCUT2D eigenvalue weighted by Gasteiger charge is -2.49. The maximum atomic E-state index is 4.45. The molecule has 0 rings (SSSR count). The third-order valence-electron chi connectivity index (χ3n) is 4.27. The van der Waals surface area contributed by atoms with E-state index in [1.165, 1.54) is 63.1 Å². The molecule has 0 aromatic rings. The molecule has 3 heteroatoms. The van der Waals surface area contributed by atoms with Crippen molar-refractivity contribution in [3.05, 3.63) is 24.4 Å². The fourth-order valence-corrected chi connectivity index (χ4v) is 8.75. The third kappa shape index (κ3) is 5.08. The summed E-state index contributed by atoms with van der Waals surface area (Å²) >= 11 is 0. The van der Waals surface area contributed by atoms with E-state index >= 15 is 0 Å². The number of nitrogens with zero attached hydrogens (tertiary/aromatic N) is 2. The van der Waals surface area contributed by atoms with Gasteiger partial charge in [0.1, 0.15) is 0 Å². The standard InChI is InChI=1S/C18H38N2Si/c1-8-14-19(15-9-2)21(13-6,18(7)12-5)20(16-10-3)17-11-4/h12H,5,7-11,13-17H2,1-4,6H3. The second kappa shape index (κ2) is 11.2. The molecule has 124 valence electrons. The molecule has 0 heterocycles. The maximum absolute atomic E-state index is 4.45. The van der Waals surface area contributed by atoms with E-state index in [1.807, 2.05) is 6.08 Å². The summed E-state index contributed by atoms with van der Waals surface area (Å²) < 4.78 is 5.56. The summed E-state index contributed by atoms with van der Waals surface area (Å²) in [7, 11) is -1.86. The zero-order valence-corrected chi connectivity index (χ0v) is 16.2. The molecule has 0 radical (unpaired) electrons. The van der Waals surface area contributed by atoms with Crippen LogP contribution in [0.4, 0.5) is 0 Å². The summed E-state index contributed by atoms with van der Waals surface area (Å²) in [6.07, 6.45) is 6.89. The van der Waals surface area contributed by atoms with Crippen molar-refractivity contribution < 1.29 is 0 Å². The molecule has 0 spiro atoms. The topological polar surface area (TPSA) is 6.48 Å². The van der Waals surface area contributed by atoms with E-state index in [-0.39, 0.29) is 0 Å². The summed E-state index contributed by atoms with van der Waals surface area (Å²) in [6, 6.07) is 1.21. The SMILES string of the molecule is C=CC(=C)[Si](CC)(N(CCC)CCC)N(CCC)CCC. The van der Waals surface area contributed by atoms with Crippen LogP contribution >= 0.6 is 0 Å². The minimum atomic E-state index is -1.86. The van der Waals surface area contributed by atoms with Gasteiger partial charge in [0, 0.05) is 0 Å². The number of hydrogen-bond donors (Lipinski definition) is 0. The van der Waals surface area contributed by atoms with Crippen LogP contribution in [-0.4, -0.2) is 43.7 Å². The molecule has 21 heavy (non-hydrogen) atoms. The van der Waals surface area contributed by atoms with Crippen LogP contribution in [0.1, 0.15) is 60.3 Å². The second-order valence-corrected chi connectivity index (χ2v) is 10.1. The largest absolute Gasteiger partial charge is 0.308 e. The normalized spacial score (nSPS) is 12.1. The van der Waals surface area contributed by atoms with Gasteiger partial charge in [-0.1, -0.05) is 53.9 Å². The predicted molar refractivity (Wildman–Crippen MR) is 99.9 cm³/mol. The van der Waals surface area contributed by atoms with Crippen molar-refractivity contribution in [1.29, 1.82) is 0 Å². The Hall–Kier alpha value is -0.383. The number of hydrogen-bond acceptors (Lipinski definition) is 2. The first-order valence-corrected chi connectivity index (χ1v) is 11.0. The van der Waals surface area contributed by atoms with Crippen LogP contribution < -0.4 is 0 Å². The summed E-state index contributed by atoms with van der Waals surface area (Å²) in [5.41, 5.74) is 0. The molecule has 0 aromatic carbocycles. The van der Waals surface area contributed by atoms with E-state index in [2.05, 4.69) is 56.9 Å². The highest BCUT2D eigenvalue weighted by molar-refractivity contribution is 6.82. The van der Waals surface area contributed by atoms with Crippen molar-refractivity contribution in [2.45, 2.75) is 66.3 Å². The Labute approximate surface area is 135 Å². The average molecular weight is 311 g/mol. The Morgan fingerprint density at radius 3 is 1.33 bits per heavy atom. The molecule has 2 nitrogen and oxygen atoms in total.